The van der Waals surface area contributed by atoms with E-state index in [0.717, 1.165) is 44.0 Å². The van der Waals surface area contributed by atoms with Crippen molar-refractivity contribution in [2.75, 3.05) is 31.6 Å². The molecule has 1 aliphatic heterocycles. The van der Waals surface area contributed by atoms with Crippen LogP contribution in [0.25, 0.3) is 0 Å². The topological polar surface area (TPSA) is 73.8 Å². The Bertz CT molecular complexity index is 852. The minimum Gasteiger partial charge on any atom is -0.508 e. The molecule has 1 saturated heterocycles. The zero-order valence-corrected chi connectivity index (χ0v) is 19.0. The number of hydrogen-bond donors (Lipinski definition) is 3. The number of carbonyl (C=O) groups is 1. The molecule has 6 nitrogen and oxygen atoms in total. The van der Waals surface area contributed by atoms with Crippen LogP contribution in [0.15, 0.2) is 42.5 Å². The fraction of sp³-hybridized carbons (Fsp3) is 0.458. The molecule has 0 saturated carbocycles. The Morgan fingerprint density at radius 3 is 2.61 bits per heavy atom. The Morgan fingerprint density at radius 2 is 1.94 bits per heavy atom. The smallest absolute Gasteiger partial charge is 0.221 e. The van der Waals surface area contributed by atoms with Gasteiger partial charge in [0.1, 0.15) is 11.5 Å². The Balaban J connectivity index is 1.38. The largest absolute Gasteiger partial charge is 0.508 e. The van der Waals surface area contributed by atoms with Gasteiger partial charge in [-0.05, 0) is 55.8 Å². The summed E-state index contributed by atoms with van der Waals surface area (Å²) in [5.41, 5.74) is 1.87. The number of likely N-dealkylation sites (tertiary alicyclic amines) is 1. The van der Waals surface area contributed by atoms with Crippen LogP contribution in [0, 0.1) is 5.92 Å². The van der Waals surface area contributed by atoms with Crippen molar-refractivity contribution in [3.05, 3.63) is 53.1 Å². The third-order valence-corrected chi connectivity index (χ3v) is 5.71. The first-order valence-electron chi connectivity index (χ1n) is 10.8. The molecule has 0 radical (unpaired) electrons. The summed E-state index contributed by atoms with van der Waals surface area (Å²) in [6, 6.07) is 13.3. The van der Waals surface area contributed by atoms with Crippen LogP contribution in [-0.2, 0) is 11.3 Å². The molecule has 1 atom stereocenters. The molecule has 1 fully saturated rings. The second kappa shape index (κ2) is 11.4. The van der Waals surface area contributed by atoms with Crippen LogP contribution in [0.3, 0.4) is 0 Å². The standard InChI is InChI=1S/C24H32ClN3O3/c1-17(16-31-24-13-22(30)7-8-23(24)27-18(2)29)14-26-21-9-11-28(12-10-21)15-19-3-5-20(25)6-4-19/h3-8,13,17,21,26,30H,9-12,14-16H2,1-2H3,(H,27,29). The number of halogens is 1. The quantitative estimate of drug-likeness (QED) is 0.502. The average Bonchev–Trinajstić information content (AvgIpc) is 2.74. The van der Waals surface area contributed by atoms with Crippen LogP contribution < -0.4 is 15.4 Å². The van der Waals surface area contributed by atoms with Gasteiger partial charge in [0.15, 0.2) is 0 Å². The second-order valence-corrected chi connectivity index (χ2v) is 8.80. The van der Waals surface area contributed by atoms with Gasteiger partial charge < -0.3 is 20.5 Å². The van der Waals surface area contributed by atoms with Crippen molar-refractivity contribution in [1.29, 1.82) is 0 Å². The Kier molecular flexibility index (Phi) is 8.58. The maximum Gasteiger partial charge on any atom is 0.221 e. The number of benzene rings is 2. The fourth-order valence-corrected chi connectivity index (χ4v) is 3.85. The molecule has 0 spiro atoms. The summed E-state index contributed by atoms with van der Waals surface area (Å²) in [4.78, 5) is 13.8. The molecule has 0 bridgehead atoms. The van der Waals surface area contributed by atoms with Gasteiger partial charge in [0.25, 0.3) is 0 Å². The van der Waals surface area contributed by atoms with E-state index in [1.54, 1.807) is 6.07 Å². The van der Waals surface area contributed by atoms with Crippen LogP contribution in [0.4, 0.5) is 5.69 Å². The van der Waals surface area contributed by atoms with E-state index in [4.69, 9.17) is 16.3 Å². The van der Waals surface area contributed by atoms with Crippen LogP contribution in [0.5, 0.6) is 11.5 Å². The fourth-order valence-electron chi connectivity index (χ4n) is 3.73. The molecule has 1 aliphatic rings. The number of piperidine rings is 1. The van der Waals surface area contributed by atoms with E-state index >= 15 is 0 Å². The van der Waals surface area contributed by atoms with Crippen LogP contribution in [-0.4, -0.2) is 48.2 Å². The lowest BCUT2D eigenvalue weighted by Gasteiger charge is -2.33. The summed E-state index contributed by atoms with van der Waals surface area (Å²) < 4.78 is 5.88. The minimum atomic E-state index is -0.173. The van der Waals surface area contributed by atoms with Gasteiger partial charge in [0.05, 0.1) is 12.3 Å². The molecule has 2 aromatic rings. The minimum absolute atomic E-state index is 0.111. The van der Waals surface area contributed by atoms with Gasteiger partial charge in [0.2, 0.25) is 5.91 Å². The van der Waals surface area contributed by atoms with Crippen LogP contribution >= 0.6 is 11.6 Å². The van der Waals surface area contributed by atoms with Gasteiger partial charge >= 0.3 is 0 Å². The van der Waals surface area contributed by atoms with Crippen molar-refractivity contribution < 1.29 is 14.6 Å². The molecule has 168 valence electrons. The lowest BCUT2D eigenvalue weighted by atomic mass is 10.0. The highest BCUT2D eigenvalue weighted by atomic mass is 35.5. The van der Waals surface area contributed by atoms with Gasteiger partial charge in [-0.1, -0.05) is 30.7 Å². The average molecular weight is 446 g/mol. The summed E-state index contributed by atoms with van der Waals surface area (Å²) >= 11 is 5.97. The number of amides is 1. The van der Waals surface area contributed by atoms with Crippen LogP contribution in [0.2, 0.25) is 5.02 Å². The molecule has 31 heavy (non-hydrogen) atoms. The first-order valence-corrected chi connectivity index (χ1v) is 11.2. The van der Waals surface area contributed by atoms with Gasteiger partial charge in [-0.3, -0.25) is 9.69 Å². The Labute approximate surface area is 189 Å². The Morgan fingerprint density at radius 1 is 1.23 bits per heavy atom. The van der Waals surface area contributed by atoms with E-state index in [1.165, 1.54) is 24.6 Å². The molecular formula is C24H32ClN3O3. The molecule has 1 unspecified atom stereocenters. The number of anilines is 1. The number of carbonyl (C=O) groups excluding carboxylic acids is 1. The first kappa shape index (κ1) is 23.4. The van der Waals surface area contributed by atoms with Crippen LogP contribution in [0.1, 0.15) is 32.3 Å². The van der Waals surface area contributed by atoms with E-state index in [9.17, 15) is 9.90 Å². The number of aromatic hydroxyl groups is 1. The molecule has 1 heterocycles. The third-order valence-electron chi connectivity index (χ3n) is 5.46. The monoisotopic (exact) mass is 445 g/mol. The van der Waals surface area contributed by atoms with Gasteiger partial charge in [-0.25, -0.2) is 0 Å². The van der Waals surface area contributed by atoms with Crippen molar-refractivity contribution in [3.63, 3.8) is 0 Å². The lowest BCUT2D eigenvalue weighted by Crippen LogP contribution is -2.43. The number of hydrogen-bond acceptors (Lipinski definition) is 5. The zero-order chi connectivity index (χ0) is 22.2. The van der Waals surface area contributed by atoms with Crippen molar-refractivity contribution in [2.45, 2.75) is 39.3 Å². The van der Waals surface area contributed by atoms with Gasteiger partial charge in [-0.15, -0.1) is 0 Å². The number of nitrogens with one attached hydrogen (secondary N) is 2. The predicted octanol–water partition coefficient (Wildman–Crippen LogP) is 4.27. The normalized spacial score (nSPS) is 16.1. The summed E-state index contributed by atoms with van der Waals surface area (Å²) in [5, 5.41) is 16.9. The van der Waals surface area contributed by atoms with Crippen molar-refractivity contribution in [2.24, 2.45) is 5.92 Å². The van der Waals surface area contributed by atoms with E-state index in [-0.39, 0.29) is 11.7 Å². The zero-order valence-electron chi connectivity index (χ0n) is 18.2. The maximum absolute atomic E-state index is 11.4. The number of nitrogens with zero attached hydrogens (tertiary/aromatic N) is 1. The highest BCUT2D eigenvalue weighted by Gasteiger charge is 2.19. The van der Waals surface area contributed by atoms with Gasteiger partial charge in [0, 0.05) is 43.1 Å². The lowest BCUT2D eigenvalue weighted by molar-refractivity contribution is -0.114. The van der Waals surface area contributed by atoms with Gasteiger partial charge in [-0.2, -0.15) is 0 Å². The van der Waals surface area contributed by atoms with E-state index in [1.807, 2.05) is 12.1 Å². The summed E-state index contributed by atoms with van der Waals surface area (Å²) in [6.07, 6.45) is 2.25. The Hall–Kier alpha value is -2.28. The molecule has 2 aromatic carbocycles. The summed E-state index contributed by atoms with van der Waals surface area (Å²) in [6.45, 7) is 8.06. The molecule has 1 amide bonds. The number of ether oxygens (including phenoxy) is 1. The summed E-state index contributed by atoms with van der Waals surface area (Å²) in [7, 11) is 0. The highest BCUT2D eigenvalue weighted by Crippen LogP contribution is 2.29. The molecular weight excluding hydrogens is 414 g/mol. The highest BCUT2D eigenvalue weighted by molar-refractivity contribution is 6.30. The molecule has 0 aromatic heterocycles. The number of phenolic OH excluding ortho intramolecular Hbond substituents is 1. The summed E-state index contributed by atoms with van der Waals surface area (Å²) in [5.74, 6) is 0.713. The molecule has 3 rings (SSSR count). The first-order chi connectivity index (χ1) is 14.9. The second-order valence-electron chi connectivity index (χ2n) is 8.36. The van der Waals surface area contributed by atoms with E-state index < -0.39 is 0 Å². The SMILES string of the molecule is CC(=O)Nc1ccc(O)cc1OCC(C)CNC1CCN(Cc2ccc(Cl)cc2)CC1. The van der Waals surface area contributed by atoms with Crippen molar-refractivity contribution in [1.82, 2.24) is 10.2 Å². The number of phenols is 1. The maximum atomic E-state index is 11.4. The number of rotatable bonds is 9. The predicted molar refractivity (Wildman–Crippen MR) is 125 cm³/mol. The van der Waals surface area contributed by atoms with E-state index in [0.29, 0.717) is 30.0 Å². The van der Waals surface area contributed by atoms with Crippen molar-refractivity contribution in [3.8, 4) is 11.5 Å². The molecule has 0 aliphatic carbocycles. The molecule has 7 heteroatoms. The third kappa shape index (κ3) is 7.73. The van der Waals surface area contributed by atoms with Crippen molar-refractivity contribution >= 4 is 23.2 Å². The van der Waals surface area contributed by atoms with E-state index in [2.05, 4.69) is 34.6 Å². The molecule has 3 N–H and O–H groups in total.